The Kier molecular flexibility index (Phi) is 6.05. The Morgan fingerprint density at radius 3 is 2.61 bits per heavy atom. The number of nitrogens with zero attached hydrogens (tertiary/aromatic N) is 3. The second kappa shape index (κ2) is 8.66. The van der Waals surface area contributed by atoms with E-state index in [4.69, 9.17) is 5.73 Å². The molecule has 0 unspecified atom stereocenters. The van der Waals surface area contributed by atoms with Crippen LogP contribution in [0.5, 0.6) is 0 Å². The van der Waals surface area contributed by atoms with Crippen LogP contribution >= 0.6 is 15.9 Å². The average Bonchev–Trinajstić information content (AvgIpc) is 3.05. The van der Waals surface area contributed by atoms with Gasteiger partial charge in [-0.05, 0) is 35.4 Å². The lowest BCUT2D eigenvalue weighted by Crippen LogP contribution is -2.26. The minimum Gasteiger partial charge on any atom is -0.445 e. The highest BCUT2D eigenvalue weighted by Crippen LogP contribution is 2.24. The first kappa shape index (κ1) is 19.6. The highest BCUT2D eigenvalue weighted by molar-refractivity contribution is 9.10. The number of ether oxygens (including phenoxy) is 1. The van der Waals surface area contributed by atoms with E-state index in [9.17, 15) is 14.0 Å². The Bertz CT molecular complexity index is 1090. The van der Waals surface area contributed by atoms with E-state index in [2.05, 4.69) is 25.8 Å². The van der Waals surface area contributed by atoms with E-state index in [1.54, 1.807) is 6.07 Å². The third kappa shape index (κ3) is 4.55. The number of primary amides is 1. The molecule has 0 aliphatic heterocycles. The predicted molar refractivity (Wildman–Crippen MR) is 106 cm³/mol. The Labute approximate surface area is 168 Å². The number of rotatable bonds is 6. The van der Waals surface area contributed by atoms with Crippen molar-refractivity contribution < 1.29 is 13.9 Å². The lowest BCUT2D eigenvalue weighted by Gasteiger charge is -2.07. The third-order valence-corrected chi connectivity index (χ3v) is 4.42. The fraction of sp³-hybridized carbons (Fsp3) is 0.105. The summed E-state index contributed by atoms with van der Waals surface area (Å²) in [5.74, 6) is 0. The summed E-state index contributed by atoms with van der Waals surface area (Å²) in [6.45, 7) is -0.523. The van der Waals surface area contributed by atoms with E-state index in [1.165, 1.54) is 10.9 Å². The lowest BCUT2D eigenvalue weighted by molar-refractivity contribution is 0.164. The maximum absolute atomic E-state index is 13.0. The number of hydrogen-bond acceptors (Lipinski definition) is 4. The molecule has 0 aliphatic carbocycles. The fourth-order valence-electron chi connectivity index (χ4n) is 2.59. The molecule has 0 saturated heterocycles. The SMILES string of the molecule is NC(=O)OC/C(=C/F)Cn1ncn(-c2cccc(-c3cccc(Br)c3)c2)c1=O. The van der Waals surface area contributed by atoms with Crippen LogP contribution in [0.15, 0.2) is 76.0 Å². The molecule has 28 heavy (non-hydrogen) atoms. The minimum atomic E-state index is -1.03. The van der Waals surface area contributed by atoms with Crippen molar-refractivity contribution in [1.29, 1.82) is 0 Å². The molecule has 0 fully saturated rings. The maximum atomic E-state index is 13.0. The van der Waals surface area contributed by atoms with Gasteiger partial charge < -0.3 is 10.5 Å². The number of amides is 1. The summed E-state index contributed by atoms with van der Waals surface area (Å²) in [6, 6.07) is 15.2. The maximum Gasteiger partial charge on any atom is 0.404 e. The van der Waals surface area contributed by atoms with Gasteiger partial charge in [-0.15, -0.1) is 0 Å². The Morgan fingerprint density at radius 1 is 1.21 bits per heavy atom. The molecule has 1 amide bonds. The van der Waals surface area contributed by atoms with Gasteiger partial charge in [0.2, 0.25) is 0 Å². The van der Waals surface area contributed by atoms with Crippen molar-refractivity contribution in [3.63, 3.8) is 0 Å². The average molecular weight is 447 g/mol. The van der Waals surface area contributed by atoms with Crippen molar-refractivity contribution >= 4 is 22.0 Å². The van der Waals surface area contributed by atoms with Crippen molar-refractivity contribution in [2.75, 3.05) is 6.61 Å². The normalized spacial score (nSPS) is 11.4. The van der Waals surface area contributed by atoms with Gasteiger partial charge in [-0.25, -0.2) is 23.2 Å². The molecule has 1 heterocycles. The molecule has 1 aromatic heterocycles. The van der Waals surface area contributed by atoms with Crippen LogP contribution < -0.4 is 11.4 Å². The molecular weight excluding hydrogens is 431 g/mol. The van der Waals surface area contributed by atoms with E-state index in [0.717, 1.165) is 20.3 Å². The summed E-state index contributed by atoms with van der Waals surface area (Å²) in [6.07, 6.45) is 0.594. The molecule has 9 heteroatoms. The van der Waals surface area contributed by atoms with Crippen molar-refractivity contribution in [3.05, 3.63) is 81.7 Å². The van der Waals surface area contributed by atoms with E-state index in [0.29, 0.717) is 5.69 Å². The Balaban J connectivity index is 1.87. The predicted octanol–water partition coefficient (Wildman–Crippen LogP) is 3.41. The smallest absolute Gasteiger partial charge is 0.404 e. The highest BCUT2D eigenvalue weighted by Gasteiger charge is 2.11. The van der Waals surface area contributed by atoms with Crippen LogP contribution in [0.1, 0.15) is 0 Å². The minimum absolute atomic E-state index is 0.0500. The molecule has 3 aromatic rings. The highest BCUT2D eigenvalue weighted by atomic mass is 79.9. The summed E-state index contributed by atoms with van der Waals surface area (Å²) in [7, 11) is 0. The van der Waals surface area contributed by atoms with Gasteiger partial charge in [0.05, 0.1) is 18.6 Å². The standard InChI is InChI=1S/C19H16BrFN4O3/c20-16-5-1-3-14(7-16)15-4-2-6-17(8-15)24-12-23-25(19(24)27)10-13(9-21)11-28-18(22)26/h1-9,12H,10-11H2,(H2,22,26)/b13-9+. The fourth-order valence-corrected chi connectivity index (χ4v) is 2.99. The molecule has 3 rings (SSSR count). The number of halogens is 2. The van der Waals surface area contributed by atoms with Crippen LogP contribution in [0.3, 0.4) is 0 Å². The van der Waals surface area contributed by atoms with Crippen LogP contribution in [0, 0.1) is 0 Å². The number of carbonyl (C=O) groups is 1. The van der Waals surface area contributed by atoms with Crippen molar-refractivity contribution in [2.24, 2.45) is 5.73 Å². The first-order valence-corrected chi connectivity index (χ1v) is 8.98. The van der Waals surface area contributed by atoms with Gasteiger partial charge in [-0.2, -0.15) is 5.10 Å². The van der Waals surface area contributed by atoms with Gasteiger partial charge in [0.25, 0.3) is 0 Å². The topological polar surface area (TPSA) is 92.1 Å². The van der Waals surface area contributed by atoms with Crippen LogP contribution in [0.25, 0.3) is 16.8 Å². The number of carbonyl (C=O) groups excluding carboxylic acids is 1. The van der Waals surface area contributed by atoms with E-state index in [1.807, 2.05) is 42.5 Å². The first-order valence-electron chi connectivity index (χ1n) is 8.19. The molecule has 0 aliphatic rings. The molecule has 2 N–H and O–H groups in total. The zero-order chi connectivity index (χ0) is 20.1. The first-order chi connectivity index (χ1) is 13.5. The van der Waals surface area contributed by atoms with Gasteiger partial charge in [-0.3, -0.25) is 0 Å². The second-order valence-electron chi connectivity index (χ2n) is 5.88. The van der Waals surface area contributed by atoms with E-state index >= 15 is 0 Å². The van der Waals surface area contributed by atoms with Crippen molar-refractivity contribution in [1.82, 2.24) is 14.3 Å². The molecule has 144 valence electrons. The van der Waals surface area contributed by atoms with Crippen molar-refractivity contribution in [3.8, 4) is 16.8 Å². The van der Waals surface area contributed by atoms with E-state index < -0.39 is 11.8 Å². The van der Waals surface area contributed by atoms with Gasteiger partial charge in [0, 0.05) is 10.0 Å². The number of aromatic nitrogens is 3. The number of benzene rings is 2. The molecular formula is C19H16BrFN4O3. The summed E-state index contributed by atoms with van der Waals surface area (Å²) >= 11 is 3.45. The van der Waals surface area contributed by atoms with Crippen LogP contribution in [0.2, 0.25) is 0 Å². The van der Waals surface area contributed by atoms with Gasteiger partial charge >= 0.3 is 11.8 Å². The summed E-state index contributed by atoms with van der Waals surface area (Å²) < 4.78 is 20.9. The quantitative estimate of drug-likeness (QED) is 0.627. The largest absolute Gasteiger partial charge is 0.445 e. The zero-order valence-corrected chi connectivity index (χ0v) is 16.2. The Hall–Kier alpha value is -3.20. The van der Waals surface area contributed by atoms with Gasteiger partial charge in [0.1, 0.15) is 12.9 Å². The molecule has 0 atom stereocenters. The van der Waals surface area contributed by atoms with Gasteiger partial charge in [-0.1, -0.05) is 40.2 Å². The van der Waals surface area contributed by atoms with Crippen LogP contribution in [0.4, 0.5) is 9.18 Å². The van der Waals surface area contributed by atoms with Crippen LogP contribution in [-0.2, 0) is 11.3 Å². The second-order valence-corrected chi connectivity index (χ2v) is 6.79. The summed E-state index contributed by atoms with van der Waals surface area (Å²) in [4.78, 5) is 23.3. The molecule has 0 spiro atoms. The Morgan fingerprint density at radius 2 is 1.93 bits per heavy atom. The lowest BCUT2D eigenvalue weighted by atomic mass is 10.1. The van der Waals surface area contributed by atoms with Crippen molar-refractivity contribution in [2.45, 2.75) is 6.54 Å². The number of hydrogen-bond donors (Lipinski definition) is 1. The summed E-state index contributed by atoms with van der Waals surface area (Å²) in [5, 5.41) is 4.00. The monoisotopic (exact) mass is 446 g/mol. The molecule has 2 aromatic carbocycles. The molecule has 7 nitrogen and oxygen atoms in total. The number of nitrogens with two attached hydrogens (primary N) is 1. The molecule has 0 bridgehead atoms. The third-order valence-electron chi connectivity index (χ3n) is 3.92. The van der Waals surface area contributed by atoms with Crippen LogP contribution in [-0.4, -0.2) is 27.0 Å². The van der Waals surface area contributed by atoms with E-state index in [-0.39, 0.29) is 25.1 Å². The summed E-state index contributed by atoms with van der Waals surface area (Å²) in [5.41, 5.74) is 7.00. The van der Waals surface area contributed by atoms with Gasteiger partial charge in [0.15, 0.2) is 0 Å². The molecule has 0 radical (unpaired) electrons. The molecule has 0 saturated carbocycles. The zero-order valence-electron chi connectivity index (χ0n) is 14.6.